The van der Waals surface area contributed by atoms with Crippen molar-refractivity contribution in [2.24, 2.45) is 0 Å². The molecule has 1 aromatic carbocycles. The highest BCUT2D eigenvalue weighted by molar-refractivity contribution is 7.23. The molecule has 0 N–H and O–H groups in total. The van der Waals surface area contributed by atoms with Crippen molar-refractivity contribution in [1.29, 1.82) is 0 Å². The Hall–Kier alpha value is -0.806. The summed E-state index contributed by atoms with van der Waals surface area (Å²) < 4.78 is 0. The molecule has 162 valence electrons. The molecule has 0 fully saturated rings. The number of allylic oxidation sites excluding steroid dienone is 8. The van der Waals surface area contributed by atoms with Gasteiger partial charge in [-0.15, -0.1) is 0 Å². The second-order valence-electron chi connectivity index (χ2n) is 10.5. The van der Waals surface area contributed by atoms with Crippen molar-refractivity contribution in [3.63, 3.8) is 0 Å². The Balaban J connectivity index is 2.05. The minimum atomic E-state index is -1.88. The van der Waals surface area contributed by atoms with Crippen LogP contribution in [0.4, 0.5) is 0 Å². The zero-order valence-corrected chi connectivity index (χ0v) is 23.7. The third-order valence-electron chi connectivity index (χ3n) is 7.72. The predicted octanol–water partition coefficient (Wildman–Crippen LogP) is 8.72. The normalized spacial score (nSPS) is 27.7. The standard InChI is InChI=1S/C26H36Cl2Si2/c1-17-19(3)25(5,15-23(17)29(7,8)27)21-11-13-22(14-12-21)26(6)16-24(30(9,10)28)18(2)20(26)4/h11-16H,1-10H3. The Morgan fingerprint density at radius 1 is 0.600 bits per heavy atom. The lowest BCUT2D eigenvalue weighted by Gasteiger charge is -2.29. The average Bonchev–Trinajstić information content (AvgIpc) is 3.03. The summed E-state index contributed by atoms with van der Waals surface area (Å²) in [5.74, 6) is 0. The zero-order chi connectivity index (χ0) is 22.9. The van der Waals surface area contributed by atoms with Gasteiger partial charge in [0, 0.05) is 10.8 Å². The van der Waals surface area contributed by atoms with Crippen LogP contribution in [-0.4, -0.2) is 14.8 Å². The molecule has 0 spiro atoms. The molecule has 4 heteroatoms. The Morgan fingerprint density at radius 2 is 0.867 bits per heavy atom. The van der Waals surface area contributed by atoms with E-state index in [4.69, 9.17) is 22.2 Å². The Bertz CT molecular complexity index is 928. The van der Waals surface area contributed by atoms with Gasteiger partial charge in [0.15, 0.2) is 14.8 Å². The molecule has 0 saturated carbocycles. The van der Waals surface area contributed by atoms with Gasteiger partial charge in [-0.3, -0.25) is 0 Å². The van der Waals surface area contributed by atoms with Gasteiger partial charge in [-0.25, -0.2) is 0 Å². The molecule has 3 rings (SSSR count). The van der Waals surface area contributed by atoms with E-state index in [0.717, 1.165) is 0 Å². The third-order valence-corrected chi connectivity index (χ3v) is 12.5. The monoisotopic (exact) mass is 474 g/mol. The Morgan fingerprint density at radius 3 is 1.07 bits per heavy atom. The van der Waals surface area contributed by atoms with Gasteiger partial charge in [0.25, 0.3) is 0 Å². The molecule has 2 unspecified atom stereocenters. The van der Waals surface area contributed by atoms with Crippen LogP contribution in [-0.2, 0) is 10.8 Å². The van der Waals surface area contributed by atoms with Crippen molar-refractivity contribution in [1.82, 2.24) is 0 Å². The number of hydrogen-bond acceptors (Lipinski definition) is 0. The topological polar surface area (TPSA) is 0 Å². The van der Waals surface area contributed by atoms with Crippen LogP contribution in [0.3, 0.4) is 0 Å². The minimum absolute atomic E-state index is 0.0828. The van der Waals surface area contributed by atoms with E-state index in [1.807, 2.05) is 0 Å². The number of benzene rings is 1. The number of rotatable bonds is 4. The molecule has 30 heavy (non-hydrogen) atoms. The van der Waals surface area contributed by atoms with Crippen LogP contribution in [0.1, 0.15) is 52.7 Å². The van der Waals surface area contributed by atoms with Crippen molar-refractivity contribution in [3.05, 3.63) is 80.2 Å². The fourth-order valence-corrected chi connectivity index (χ4v) is 9.79. The molecule has 2 aliphatic rings. The van der Waals surface area contributed by atoms with E-state index in [0.29, 0.717) is 0 Å². The second kappa shape index (κ2) is 7.37. The molecule has 0 saturated heterocycles. The molecule has 0 nitrogen and oxygen atoms in total. The molecule has 0 bridgehead atoms. The van der Waals surface area contributed by atoms with Gasteiger partial charge in [-0.1, -0.05) is 84.9 Å². The number of halogens is 2. The Kier molecular flexibility index (Phi) is 5.86. The van der Waals surface area contributed by atoms with E-state index in [1.165, 1.54) is 43.8 Å². The molecule has 0 amide bonds. The molecule has 0 heterocycles. The first-order chi connectivity index (χ1) is 13.5. The van der Waals surface area contributed by atoms with E-state index in [-0.39, 0.29) is 10.8 Å². The number of hydrogen-bond donors (Lipinski definition) is 0. The summed E-state index contributed by atoms with van der Waals surface area (Å²) >= 11 is 13.7. The van der Waals surface area contributed by atoms with Crippen molar-refractivity contribution in [2.45, 2.75) is 78.6 Å². The lowest BCUT2D eigenvalue weighted by molar-refractivity contribution is 0.696. The second-order valence-corrected chi connectivity index (χ2v) is 23.2. The molecule has 0 aromatic heterocycles. The van der Waals surface area contributed by atoms with Gasteiger partial charge in [0.2, 0.25) is 0 Å². The van der Waals surface area contributed by atoms with Crippen LogP contribution in [0.2, 0.25) is 26.2 Å². The lowest BCUT2D eigenvalue weighted by atomic mass is 9.74. The van der Waals surface area contributed by atoms with E-state index in [9.17, 15) is 0 Å². The van der Waals surface area contributed by atoms with Crippen molar-refractivity contribution in [2.75, 3.05) is 0 Å². The van der Waals surface area contributed by atoms with E-state index in [2.05, 4.69) is 104 Å². The van der Waals surface area contributed by atoms with Crippen molar-refractivity contribution >= 4 is 36.9 Å². The van der Waals surface area contributed by atoms with Gasteiger partial charge in [0.1, 0.15) is 0 Å². The van der Waals surface area contributed by atoms with Gasteiger partial charge in [-0.05, 0) is 63.1 Å². The summed E-state index contributed by atoms with van der Waals surface area (Å²) in [4.78, 5) is 0. The highest BCUT2D eigenvalue weighted by Gasteiger charge is 2.41. The van der Waals surface area contributed by atoms with Crippen LogP contribution in [0.5, 0.6) is 0 Å². The van der Waals surface area contributed by atoms with Crippen LogP contribution in [0.15, 0.2) is 69.1 Å². The predicted molar refractivity (Wildman–Crippen MR) is 141 cm³/mol. The quantitative estimate of drug-likeness (QED) is 0.302. The summed E-state index contributed by atoms with van der Waals surface area (Å²) in [6.07, 6.45) is 4.86. The van der Waals surface area contributed by atoms with Gasteiger partial charge < -0.3 is 0 Å². The zero-order valence-electron chi connectivity index (χ0n) is 20.2. The molecule has 2 aliphatic carbocycles. The van der Waals surface area contributed by atoms with Gasteiger partial charge in [0.05, 0.1) is 0 Å². The molecular formula is C26H36Cl2Si2. The summed E-state index contributed by atoms with van der Waals surface area (Å²) in [5, 5.41) is 2.76. The molecule has 1 aromatic rings. The Labute approximate surface area is 195 Å². The molecule has 0 radical (unpaired) electrons. The van der Waals surface area contributed by atoms with Crippen LogP contribution in [0, 0.1) is 0 Å². The maximum absolute atomic E-state index is 6.84. The molecule has 0 aliphatic heterocycles. The summed E-state index contributed by atoms with van der Waals surface area (Å²) in [6, 6.07) is 9.27. The van der Waals surface area contributed by atoms with Crippen LogP contribution < -0.4 is 0 Å². The van der Waals surface area contributed by atoms with E-state index in [1.54, 1.807) is 0 Å². The SMILES string of the molecule is CC1=C(C)C(C)(c2ccc(C3(C)C=C([Si](C)(C)Cl)C(C)=C3C)cc2)C=C1[Si](C)(C)Cl. The van der Waals surface area contributed by atoms with Gasteiger partial charge >= 0.3 is 0 Å². The summed E-state index contributed by atoms with van der Waals surface area (Å²) in [7, 11) is -3.77. The fraction of sp³-hybridized carbons (Fsp3) is 0.462. The van der Waals surface area contributed by atoms with Crippen LogP contribution in [0.25, 0.3) is 0 Å². The largest absolute Gasteiger partial charge is 0.180 e. The van der Waals surface area contributed by atoms with Crippen LogP contribution >= 0.6 is 22.2 Å². The summed E-state index contributed by atoms with van der Waals surface area (Å²) in [6.45, 7) is 22.5. The maximum Gasteiger partial charge on any atom is 0.180 e. The van der Waals surface area contributed by atoms with Crippen molar-refractivity contribution < 1.29 is 0 Å². The average molecular weight is 476 g/mol. The maximum atomic E-state index is 6.84. The summed E-state index contributed by atoms with van der Waals surface area (Å²) in [5.41, 5.74) is 8.11. The highest BCUT2D eigenvalue weighted by Crippen LogP contribution is 2.49. The van der Waals surface area contributed by atoms with E-state index < -0.39 is 14.8 Å². The fourth-order valence-electron chi connectivity index (χ4n) is 5.19. The first kappa shape index (κ1) is 23.8. The molecular weight excluding hydrogens is 439 g/mol. The highest BCUT2D eigenvalue weighted by atomic mass is 35.6. The third kappa shape index (κ3) is 3.68. The van der Waals surface area contributed by atoms with Crippen molar-refractivity contribution in [3.8, 4) is 0 Å². The van der Waals surface area contributed by atoms with E-state index >= 15 is 0 Å². The molecule has 2 atom stereocenters. The minimum Gasteiger partial charge on any atom is -0.162 e. The lowest BCUT2D eigenvalue weighted by Crippen LogP contribution is -2.23. The first-order valence-electron chi connectivity index (χ1n) is 10.9. The van der Waals surface area contributed by atoms with Gasteiger partial charge in [-0.2, -0.15) is 22.2 Å². The first-order valence-corrected chi connectivity index (χ1v) is 18.9. The smallest absolute Gasteiger partial charge is 0.162 e.